The van der Waals surface area contributed by atoms with Gasteiger partial charge < -0.3 is 16.0 Å². The van der Waals surface area contributed by atoms with Crippen LogP contribution < -0.4 is 5.73 Å². The summed E-state index contributed by atoms with van der Waals surface area (Å²) in [5, 5.41) is 7.47. The van der Waals surface area contributed by atoms with E-state index in [1.165, 1.54) is 6.21 Å². The van der Waals surface area contributed by atoms with E-state index in [1.54, 1.807) is 6.20 Å². The van der Waals surface area contributed by atoms with Gasteiger partial charge in [-0.2, -0.15) is 0 Å². The highest BCUT2D eigenvalue weighted by molar-refractivity contribution is 5.94. The van der Waals surface area contributed by atoms with Crippen molar-refractivity contribution < 1.29 is 4.79 Å². The highest BCUT2D eigenvalue weighted by Gasteiger charge is 2.24. The van der Waals surface area contributed by atoms with E-state index in [-0.39, 0.29) is 5.91 Å². The van der Waals surface area contributed by atoms with E-state index < -0.39 is 0 Å². The fourth-order valence-electron chi connectivity index (χ4n) is 2.68. The van der Waals surface area contributed by atoms with Crippen LogP contribution in [0.4, 0.5) is 5.82 Å². The first-order chi connectivity index (χ1) is 10.2. The number of anilines is 1. The zero-order valence-corrected chi connectivity index (χ0v) is 11.5. The lowest BCUT2D eigenvalue weighted by molar-refractivity contribution is 0.0734. The van der Waals surface area contributed by atoms with Gasteiger partial charge in [-0.25, -0.2) is 4.98 Å². The van der Waals surface area contributed by atoms with Crippen molar-refractivity contribution in [2.75, 3.05) is 12.3 Å². The smallest absolute Gasteiger partial charge is 0.254 e. The van der Waals surface area contributed by atoms with Crippen LogP contribution in [0.25, 0.3) is 0 Å². The molecule has 1 amide bonds. The van der Waals surface area contributed by atoms with E-state index in [2.05, 4.69) is 4.98 Å². The van der Waals surface area contributed by atoms with Crippen molar-refractivity contribution in [1.29, 1.82) is 5.41 Å². The molecule has 0 bridgehead atoms. The molecule has 0 radical (unpaired) electrons. The molecule has 0 unspecified atom stereocenters. The zero-order chi connectivity index (χ0) is 14.8. The quantitative estimate of drug-likeness (QED) is 0.824. The third-order valence-electron chi connectivity index (χ3n) is 3.79. The van der Waals surface area contributed by atoms with Crippen molar-refractivity contribution in [1.82, 2.24) is 9.88 Å². The molecule has 1 aliphatic rings. The van der Waals surface area contributed by atoms with E-state index in [4.69, 9.17) is 11.1 Å². The number of fused-ring (bicyclic) bond motifs is 1. The molecule has 0 atom stereocenters. The van der Waals surface area contributed by atoms with Crippen LogP contribution in [0.1, 0.15) is 27.0 Å². The van der Waals surface area contributed by atoms with Gasteiger partial charge >= 0.3 is 0 Å². The summed E-state index contributed by atoms with van der Waals surface area (Å²) < 4.78 is 0. The van der Waals surface area contributed by atoms with Gasteiger partial charge in [-0.05, 0) is 29.7 Å². The molecule has 1 aliphatic heterocycles. The van der Waals surface area contributed by atoms with Crippen LogP contribution in [-0.2, 0) is 13.0 Å². The van der Waals surface area contributed by atoms with Gasteiger partial charge in [0.05, 0.1) is 0 Å². The summed E-state index contributed by atoms with van der Waals surface area (Å²) in [4.78, 5) is 18.4. The number of hydrogen-bond acceptors (Lipinski definition) is 4. The van der Waals surface area contributed by atoms with Crippen molar-refractivity contribution in [3.63, 3.8) is 0 Å². The Morgan fingerprint density at radius 3 is 2.81 bits per heavy atom. The van der Waals surface area contributed by atoms with Crippen LogP contribution in [-0.4, -0.2) is 28.6 Å². The summed E-state index contributed by atoms with van der Waals surface area (Å²) in [5.74, 6) is 0.404. The number of nitrogens with one attached hydrogen (secondary N) is 1. The summed E-state index contributed by atoms with van der Waals surface area (Å²) in [6, 6.07) is 9.26. The first kappa shape index (κ1) is 13.3. The molecule has 0 aliphatic carbocycles. The molecule has 1 aromatic carbocycles. The molecule has 3 N–H and O–H groups in total. The number of benzene rings is 1. The van der Waals surface area contributed by atoms with E-state index in [0.29, 0.717) is 36.5 Å². The molecule has 0 saturated heterocycles. The maximum absolute atomic E-state index is 12.5. The summed E-state index contributed by atoms with van der Waals surface area (Å²) in [7, 11) is 0. The predicted octanol–water partition coefficient (Wildman–Crippen LogP) is 1.86. The van der Waals surface area contributed by atoms with E-state index in [1.807, 2.05) is 35.2 Å². The molecule has 0 spiro atoms. The molecule has 5 nitrogen and oxygen atoms in total. The first-order valence-corrected chi connectivity index (χ1v) is 6.81. The number of aromatic nitrogens is 1. The second-order valence-electron chi connectivity index (χ2n) is 5.05. The average Bonchev–Trinajstić information content (AvgIpc) is 2.54. The second kappa shape index (κ2) is 5.36. The standard InChI is InChI=1S/C16H16N4O/c17-8-14-13-6-7-20(10-12(13)9-19-15(14)18)16(21)11-4-2-1-3-5-11/h1-5,8-9,17H,6-7,10H2,(H2,18,19). The molecule has 106 valence electrons. The van der Waals surface area contributed by atoms with Gasteiger partial charge in [-0.15, -0.1) is 0 Å². The molecular weight excluding hydrogens is 264 g/mol. The van der Waals surface area contributed by atoms with Crippen molar-refractivity contribution >= 4 is 17.9 Å². The van der Waals surface area contributed by atoms with Gasteiger partial charge in [0.2, 0.25) is 0 Å². The predicted molar refractivity (Wildman–Crippen MR) is 81.4 cm³/mol. The van der Waals surface area contributed by atoms with Crippen LogP contribution >= 0.6 is 0 Å². The molecule has 1 aromatic heterocycles. The maximum atomic E-state index is 12.5. The van der Waals surface area contributed by atoms with Gasteiger partial charge in [0.25, 0.3) is 5.91 Å². The number of rotatable bonds is 2. The molecule has 2 aromatic rings. The molecule has 2 heterocycles. The lowest BCUT2D eigenvalue weighted by Gasteiger charge is -2.29. The third kappa shape index (κ3) is 2.38. The number of hydrogen-bond donors (Lipinski definition) is 2. The van der Waals surface area contributed by atoms with Crippen LogP contribution in [0.5, 0.6) is 0 Å². The Balaban J connectivity index is 1.89. The van der Waals surface area contributed by atoms with Crippen molar-refractivity contribution in [2.24, 2.45) is 0 Å². The third-order valence-corrected chi connectivity index (χ3v) is 3.79. The van der Waals surface area contributed by atoms with Crippen LogP contribution in [0.15, 0.2) is 36.5 Å². The molecule has 21 heavy (non-hydrogen) atoms. The highest BCUT2D eigenvalue weighted by atomic mass is 16.2. The topological polar surface area (TPSA) is 83.1 Å². The fraction of sp³-hybridized carbons (Fsp3) is 0.188. The Morgan fingerprint density at radius 2 is 2.10 bits per heavy atom. The number of nitrogen functional groups attached to an aromatic ring is 1. The van der Waals surface area contributed by atoms with Crippen LogP contribution in [0, 0.1) is 5.41 Å². The van der Waals surface area contributed by atoms with Crippen molar-refractivity contribution in [3.8, 4) is 0 Å². The molecule has 3 rings (SSSR count). The fourth-order valence-corrected chi connectivity index (χ4v) is 2.68. The molecule has 5 heteroatoms. The minimum atomic E-state index is 0.0227. The van der Waals surface area contributed by atoms with Gasteiger partial charge in [-0.1, -0.05) is 18.2 Å². The summed E-state index contributed by atoms with van der Waals surface area (Å²) in [5.41, 5.74) is 9.18. The van der Waals surface area contributed by atoms with Crippen molar-refractivity contribution in [3.05, 3.63) is 58.8 Å². The van der Waals surface area contributed by atoms with E-state index in [0.717, 1.165) is 11.1 Å². The number of amides is 1. The normalized spacial score (nSPS) is 13.6. The van der Waals surface area contributed by atoms with Crippen molar-refractivity contribution in [2.45, 2.75) is 13.0 Å². The monoisotopic (exact) mass is 280 g/mol. The Labute approximate surface area is 122 Å². The lowest BCUT2D eigenvalue weighted by Crippen LogP contribution is -2.36. The number of nitrogens with two attached hydrogens (primary N) is 1. The van der Waals surface area contributed by atoms with Gasteiger partial charge in [0.1, 0.15) is 5.82 Å². The second-order valence-corrected chi connectivity index (χ2v) is 5.05. The Kier molecular flexibility index (Phi) is 3.39. The SMILES string of the molecule is N=Cc1c(N)ncc2c1CCN(C(=O)c1ccccc1)C2. The first-order valence-electron chi connectivity index (χ1n) is 6.81. The zero-order valence-electron chi connectivity index (χ0n) is 11.5. The van der Waals surface area contributed by atoms with E-state index >= 15 is 0 Å². The van der Waals surface area contributed by atoms with Gasteiger partial charge in [0.15, 0.2) is 0 Å². The summed E-state index contributed by atoms with van der Waals surface area (Å²) in [6.45, 7) is 1.14. The summed E-state index contributed by atoms with van der Waals surface area (Å²) in [6.07, 6.45) is 3.66. The number of carbonyl (C=O) groups excluding carboxylic acids is 1. The number of carbonyl (C=O) groups is 1. The Hall–Kier alpha value is -2.69. The molecule has 0 fully saturated rings. The van der Waals surface area contributed by atoms with Crippen LogP contribution in [0.2, 0.25) is 0 Å². The number of pyridine rings is 1. The summed E-state index contributed by atoms with van der Waals surface area (Å²) >= 11 is 0. The van der Waals surface area contributed by atoms with E-state index in [9.17, 15) is 4.79 Å². The Morgan fingerprint density at radius 1 is 1.33 bits per heavy atom. The Bertz CT molecular complexity index is 697. The number of nitrogens with zero attached hydrogens (tertiary/aromatic N) is 2. The van der Waals surface area contributed by atoms with Gasteiger partial charge in [-0.3, -0.25) is 4.79 Å². The average molecular weight is 280 g/mol. The maximum Gasteiger partial charge on any atom is 0.254 e. The highest BCUT2D eigenvalue weighted by Crippen LogP contribution is 2.24. The largest absolute Gasteiger partial charge is 0.383 e. The minimum Gasteiger partial charge on any atom is -0.383 e. The van der Waals surface area contributed by atoms with Crippen LogP contribution in [0.3, 0.4) is 0 Å². The molecular formula is C16H16N4O. The minimum absolute atomic E-state index is 0.0227. The van der Waals surface area contributed by atoms with Gasteiger partial charge in [0, 0.05) is 36.6 Å². The molecule has 0 saturated carbocycles. The lowest BCUT2D eigenvalue weighted by atomic mass is 9.96.